The maximum Gasteiger partial charge on any atom is 0.161 e. The number of nitrogens with two attached hydrogens (primary N) is 1. The number of aromatic nitrogens is 2. The number of para-hydroxylation sites is 1. The fourth-order valence-corrected chi connectivity index (χ4v) is 2.31. The van der Waals surface area contributed by atoms with Crippen LogP contribution < -0.4 is 15.2 Å². The van der Waals surface area contributed by atoms with Crippen LogP contribution >= 0.6 is 0 Å². The van der Waals surface area contributed by atoms with Gasteiger partial charge in [0.1, 0.15) is 5.69 Å². The van der Waals surface area contributed by atoms with Crippen molar-refractivity contribution in [3.8, 4) is 28.4 Å². The van der Waals surface area contributed by atoms with Crippen LogP contribution in [-0.2, 0) is 0 Å². The molecule has 1 aromatic heterocycles. The Labute approximate surface area is 128 Å². The van der Waals surface area contributed by atoms with Gasteiger partial charge in [-0.2, -0.15) is 5.10 Å². The first-order chi connectivity index (χ1) is 10.7. The van der Waals surface area contributed by atoms with E-state index >= 15 is 0 Å². The fourth-order valence-electron chi connectivity index (χ4n) is 2.31. The topological polar surface area (TPSA) is 62.3 Å². The molecule has 0 bridgehead atoms. The number of nitrogens with zero attached hydrogens (tertiary/aromatic N) is 2. The van der Waals surface area contributed by atoms with E-state index in [1.54, 1.807) is 25.1 Å². The third-order valence-corrected chi connectivity index (χ3v) is 3.42. The van der Waals surface area contributed by atoms with E-state index in [4.69, 9.17) is 15.2 Å². The second-order valence-electron chi connectivity index (χ2n) is 4.78. The molecule has 5 nitrogen and oxygen atoms in total. The van der Waals surface area contributed by atoms with Crippen molar-refractivity contribution in [3.63, 3.8) is 0 Å². The van der Waals surface area contributed by atoms with Gasteiger partial charge in [0.05, 0.1) is 31.8 Å². The van der Waals surface area contributed by atoms with Crippen LogP contribution in [0.3, 0.4) is 0 Å². The molecule has 0 saturated heterocycles. The summed E-state index contributed by atoms with van der Waals surface area (Å²) >= 11 is 0. The number of ether oxygens (including phenoxy) is 2. The van der Waals surface area contributed by atoms with Crippen LogP contribution in [0.15, 0.2) is 54.7 Å². The number of methoxy groups -OCH3 is 2. The van der Waals surface area contributed by atoms with Crippen molar-refractivity contribution in [2.45, 2.75) is 0 Å². The summed E-state index contributed by atoms with van der Waals surface area (Å²) in [7, 11) is 3.21. The first-order valence-electron chi connectivity index (χ1n) is 6.86. The maximum atomic E-state index is 6.12. The van der Waals surface area contributed by atoms with E-state index in [0.29, 0.717) is 22.9 Å². The molecule has 0 unspecified atom stereocenters. The van der Waals surface area contributed by atoms with E-state index in [1.807, 2.05) is 48.5 Å². The highest BCUT2D eigenvalue weighted by atomic mass is 16.5. The van der Waals surface area contributed by atoms with Crippen LogP contribution in [0.4, 0.5) is 5.69 Å². The van der Waals surface area contributed by atoms with E-state index < -0.39 is 0 Å². The minimum Gasteiger partial charge on any atom is -0.493 e. The maximum absolute atomic E-state index is 6.12. The largest absolute Gasteiger partial charge is 0.493 e. The van der Waals surface area contributed by atoms with Crippen molar-refractivity contribution in [1.82, 2.24) is 9.78 Å². The van der Waals surface area contributed by atoms with Gasteiger partial charge in [-0.3, -0.25) is 0 Å². The van der Waals surface area contributed by atoms with E-state index in [-0.39, 0.29) is 0 Å². The molecule has 0 amide bonds. The predicted octanol–water partition coefficient (Wildman–Crippen LogP) is 3.14. The zero-order valence-electron chi connectivity index (χ0n) is 12.5. The van der Waals surface area contributed by atoms with Crippen LogP contribution in [0, 0.1) is 0 Å². The molecule has 0 aliphatic carbocycles. The third-order valence-electron chi connectivity index (χ3n) is 3.42. The van der Waals surface area contributed by atoms with Crippen molar-refractivity contribution in [1.29, 1.82) is 0 Å². The van der Waals surface area contributed by atoms with Crippen molar-refractivity contribution >= 4 is 5.69 Å². The Morgan fingerprint density at radius 1 is 0.955 bits per heavy atom. The first kappa shape index (κ1) is 14.0. The zero-order valence-corrected chi connectivity index (χ0v) is 12.5. The van der Waals surface area contributed by atoms with Gasteiger partial charge in [0.2, 0.25) is 0 Å². The zero-order chi connectivity index (χ0) is 15.5. The van der Waals surface area contributed by atoms with Gasteiger partial charge >= 0.3 is 0 Å². The Bertz CT molecular complexity index is 782. The van der Waals surface area contributed by atoms with Crippen LogP contribution in [0.2, 0.25) is 0 Å². The molecule has 1 heterocycles. The summed E-state index contributed by atoms with van der Waals surface area (Å²) < 4.78 is 12.3. The molecule has 2 aromatic carbocycles. The van der Waals surface area contributed by atoms with Crippen LogP contribution in [-0.4, -0.2) is 24.0 Å². The highest BCUT2D eigenvalue weighted by molar-refractivity contribution is 5.74. The summed E-state index contributed by atoms with van der Waals surface area (Å²) in [6, 6.07) is 15.5. The fraction of sp³-hybridized carbons (Fsp3) is 0.118. The van der Waals surface area contributed by atoms with Crippen LogP contribution in [0.5, 0.6) is 11.5 Å². The lowest BCUT2D eigenvalue weighted by Gasteiger charge is -2.08. The quantitative estimate of drug-likeness (QED) is 0.803. The Hall–Kier alpha value is -2.95. The highest BCUT2D eigenvalue weighted by Gasteiger charge is 2.12. The molecule has 0 saturated carbocycles. The Morgan fingerprint density at radius 2 is 1.68 bits per heavy atom. The van der Waals surface area contributed by atoms with Crippen molar-refractivity contribution in [3.05, 3.63) is 54.7 Å². The first-order valence-corrected chi connectivity index (χ1v) is 6.86. The monoisotopic (exact) mass is 295 g/mol. The molecule has 0 aliphatic heterocycles. The molecular weight excluding hydrogens is 278 g/mol. The van der Waals surface area contributed by atoms with Gasteiger partial charge in [-0.05, 0) is 30.3 Å². The van der Waals surface area contributed by atoms with Gasteiger partial charge in [0.25, 0.3) is 0 Å². The summed E-state index contributed by atoms with van der Waals surface area (Å²) in [4.78, 5) is 0. The van der Waals surface area contributed by atoms with E-state index in [1.165, 1.54) is 0 Å². The minimum atomic E-state index is 0.607. The molecule has 2 N–H and O–H groups in total. The SMILES string of the molecule is COc1ccc(-c2nn(-c3ccccc3)cc2N)cc1OC. The molecule has 3 aromatic rings. The lowest BCUT2D eigenvalue weighted by Crippen LogP contribution is -1.95. The molecular formula is C17H17N3O2. The lowest BCUT2D eigenvalue weighted by molar-refractivity contribution is 0.355. The molecule has 0 spiro atoms. The molecule has 112 valence electrons. The summed E-state index contributed by atoms with van der Waals surface area (Å²) in [5.74, 6) is 1.32. The summed E-state index contributed by atoms with van der Waals surface area (Å²) in [6.07, 6.45) is 1.81. The molecule has 5 heteroatoms. The van der Waals surface area contributed by atoms with Crippen molar-refractivity contribution < 1.29 is 9.47 Å². The van der Waals surface area contributed by atoms with Gasteiger partial charge in [0, 0.05) is 5.56 Å². The molecule has 3 rings (SSSR count). The molecule has 0 fully saturated rings. The van der Waals surface area contributed by atoms with Crippen LogP contribution in [0.1, 0.15) is 0 Å². The summed E-state index contributed by atoms with van der Waals surface area (Å²) in [6.45, 7) is 0. The third kappa shape index (κ3) is 2.48. The molecule has 0 aliphatic rings. The average molecular weight is 295 g/mol. The lowest BCUT2D eigenvalue weighted by atomic mass is 10.1. The Kier molecular flexibility index (Phi) is 3.70. The number of benzene rings is 2. The van der Waals surface area contributed by atoms with E-state index in [9.17, 15) is 0 Å². The van der Waals surface area contributed by atoms with Gasteiger partial charge < -0.3 is 15.2 Å². The van der Waals surface area contributed by atoms with Gasteiger partial charge in [-0.25, -0.2) is 4.68 Å². The van der Waals surface area contributed by atoms with Crippen molar-refractivity contribution in [2.75, 3.05) is 20.0 Å². The van der Waals surface area contributed by atoms with Crippen molar-refractivity contribution in [2.24, 2.45) is 0 Å². The summed E-state index contributed by atoms with van der Waals surface area (Å²) in [5.41, 5.74) is 9.28. The number of hydrogen-bond acceptors (Lipinski definition) is 4. The number of hydrogen-bond donors (Lipinski definition) is 1. The smallest absolute Gasteiger partial charge is 0.161 e. The molecule has 0 atom stereocenters. The number of rotatable bonds is 4. The Balaban J connectivity index is 2.04. The number of anilines is 1. The van der Waals surface area contributed by atoms with Gasteiger partial charge in [0.15, 0.2) is 11.5 Å². The highest BCUT2D eigenvalue weighted by Crippen LogP contribution is 2.34. The second-order valence-corrected chi connectivity index (χ2v) is 4.78. The molecule has 0 radical (unpaired) electrons. The number of nitrogen functional groups attached to an aromatic ring is 1. The molecule has 22 heavy (non-hydrogen) atoms. The van der Waals surface area contributed by atoms with Gasteiger partial charge in [-0.1, -0.05) is 18.2 Å². The van der Waals surface area contributed by atoms with Gasteiger partial charge in [-0.15, -0.1) is 0 Å². The minimum absolute atomic E-state index is 0.607. The summed E-state index contributed by atoms with van der Waals surface area (Å²) in [5, 5.41) is 4.58. The van der Waals surface area contributed by atoms with Crippen LogP contribution in [0.25, 0.3) is 16.9 Å². The Morgan fingerprint density at radius 3 is 2.36 bits per heavy atom. The normalized spacial score (nSPS) is 10.5. The average Bonchev–Trinajstić information content (AvgIpc) is 2.97. The second kappa shape index (κ2) is 5.81. The predicted molar refractivity (Wildman–Crippen MR) is 86.5 cm³/mol. The standard InChI is InChI=1S/C17H17N3O2/c1-21-15-9-8-12(10-16(15)22-2)17-14(18)11-20(19-17)13-6-4-3-5-7-13/h3-11H,18H2,1-2H3. The van der Waals surface area contributed by atoms with E-state index in [0.717, 1.165) is 11.3 Å². The van der Waals surface area contributed by atoms with E-state index in [2.05, 4.69) is 5.10 Å².